The van der Waals surface area contributed by atoms with Gasteiger partial charge in [0.05, 0.1) is 11.1 Å². The second kappa shape index (κ2) is 8.73. The van der Waals surface area contributed by atoms with E-state index in [0.717, 1.165) is 33.6 Å². The number of nitrogens with zero attached hydrogens (tertiary/aromatic N) is 1. The summed E-state index contributed by atoms with van der Waals surface area (Å²) < 4.78 is 35.9. The third kappa shape index (κ3) is 4.58. The molecule has 1 fully saturated rings. The van der Waals surface area contributed by atoms with Gasteiger partial charge in [-0.05, 0) is 54.2 Å². The molecule has 0 aliphatic heterocycles. The fourth-order valence-corrected chi connectivity index (χ4v) is 5.86. The van der Waals surface area contributed by atoms with Gasteiger partial charge >= 0.3 is 0 Å². The first-order valence-electron chi connectivity index (χ1n) is 10.5. The third-order valence-corrected chi connectivity index (χ3v) is 8.52. The molecule has 30 heavy (non-hydrogen) atoms. The molecule has 1 aromatic carbocycles. The molecule has 2 aromatic heterocycles. The molecule has 160 valence electrons. The van der Waals surface area contributed by atoms with E-state index in [4.69, 9.17) is 0 Å². The normalized spacial score (nSPS) is 17.4. The number of pyridine rings is 1. The van der Waals surface area contributed by atoms with Gasteiger partial charge < -0.3 is 9.54 Å². The Morgan fingerprint density at radius 2 is 1.90 bits per heavy atom. The van der Waals surface area contributed by atoms with Crippen molar-refractivity contribution in [3.05, 3.63) is 53.9 Å². The van der Waals surface area contributed by atoms with Gasteiger partial charge in [0.2, 0.25) is 0 Å². The van der Waals surface area contributed by atoms with Crippen molar-refractivity contribution in [3.63, 3.8) is 0 Å². The van der Waals surface area contributed by atoms with Gasteiger partial charge in [0.25, 0.3) is 0 Å². The number of hydrogen-bond acceptors (Lipinski definition) is 4. The molecule has 1 aliphatic rings. The smallest absolute Gasteiger partial charge is 0.175 e. The number of fused-ring (bicyclic) bond motifs is 1. The zero-order chi connectivity index (χ0) is 21.3. The fourth-order valence-electron chi connectivity index (χ4n) is 4.46. The van der Waals surface area contributed by atoms with E-state index in [0.29, 0.717) is 16.6 Å². The maximum Gasteiger partial charge on any atom is 0.175 e. The third-order valence-electron chi connectivity index (χ3n) is 6.12. The SMILES string of the molecule is CC[S+]([O-])c1cnc2[nH]c(C(CC3CCCC3)c3ccc(S(C)(=O)=O)cc3)cc2c1. The Hall–Kier alpha value is -1.83. The summed E-state index contributed by atoms with van der Waals surface area (Å²) in [5.74, 6) is 1.39. The fraction of sp³-hybridized carbons (Fsp3) is 0.435. The van der Waals surface area contributed by atoms with E-state index in [9.17, 15) is 13.0 Å². The van der Waals surface area contributed by atoms with Crippen molar-refractivity contribution in [1.29, 1.82) is 0 Å². The summed E-state index contributed by atoms with van der Waals surface area (Å²) in [6, 6.07) is 11.4. The molecule has 0 radical (unpaired) electrons. The summed E-state index contributed by atoms with van der Waals surface area (Å²) >= 11 is -1.03. The van der Waals surface area contributed by atoms with Crippen molar-refractivity contribution in [1.82, 2.24) is 9.97 Å². The number of hydrogen-bond donors (Lipinski definition) is 1. The first-order chi connectivity index (χ1) is 14.3. The van der Waals surface area contributed by atoms with E-state index >= 15 is 0 Å². The molecule has 1 saturated carbocycles. The minimum atomic E-state index is -3.21. The second-order valence-electron chi connectivity index (χ2n) is 8.25. The number of nitrogens with one attached hydrogen (secondary N) is 1. The molecule has 0 amide bonds. The van der Waals surface area contributed by atoms with Crippen LogP contribution in [0, 0.1) is 5.92 Å². The van der Waals surface area contributed by atoms with Crippen molar-refractivity contribution in [2.75, 3.05) is 12.0 Å². The molecule has 2 atom stereocenters. The molecule has 5 nitrogen and oxygen atoms in total. The van der Waals surface area contributed by atoms with Gasteiger partial charge in [-0.25, -0.2) is 13.4 Å². The van der Waals surface area contributed by atoms with E-state index < -0.39 is 21.0 Å². The largest absolute Gasteiger partial charge is 0.611 e. The van der Waals surface area contributed by atoms with E-state index in [1.54, 1.807) is 18.3 Å². The lowest BCUT2D eigenvalue weighted by molar-refractivity contribution is 0.469. The van der Waals surface area contributed by atoms with E-state index in [1.165, 1.54) is 31.9 Å². The van der Waals surface area contributed by atoms with Crippen molar-refractivity contribution >= 4 is 32.0 Å². The van der Waals surface area contributed by atoms with E-state index in [1.807, 2.05) is 25.1 Å². The van der Waals surface area contributed by atoms with Crippen LogP contribution in [-0.2, 0) is 21.0 Å². The Balaban J connectivity index is 1.71. The van der Waals surface area contributed by atoms with Gasteiger partial charge in [-0.1, -0.05) is 37.8 Å². The number of sulfone groups is 1. The molecular weight excluding hydrogens is 416 g/mol. The molecule has 2 heterocycles. The summed E-state index contributed by atoms with van der Waals surface area (Å²) in [5.41, 5.74) is 2.99. The number of benzene rings is 1. The molecule has 2 unspecified atom stereocenters. The Labute approximate surface area is 181 Å². The van der Waals surface area contributed by atoms with Crippen LogP contribution in [0.1, 0.15) is 56.2 Å². The molecule has 0 bridgehead atoms. The minimum Gasteiger partial charge on any atom is -0.611 e. The summed E-state index contributed by atoms with van der Waals surface area (Å²) in [7, 11) is -3.21. The number of aromatic nitrogens is 2. The highest BCUT2D eigenvalue weighted by Crippen LogP contribution is 2.38. The highest BCUT2D eigenvalue weighted by Gasteiger charge is 2.25. The number of rotatable bonds is 7. The summed E-state index contributed by atoms with van der Waals surface area (Å²) in [6.07, 6.45) is 9.01. The van der Waals surface area contributed by atoms with Crippen LogP contribution in [0.25, 0.3) is 11.0 Å². The van der Waals surface area contributed by atoms with Crippen LogP contribution in [0.4, 0.5) is 0 Å². The molecule has 7 heteroatoms. The molecule has 4 rings (SSSR count). The predicted octanol–water partition coefficient (Wildman–Crippen LogP) is 4.81. The zero-order valence-corrected chi connectivity index (χ0v) is 19.1. The van der Waals surface area contributed by atoms with Crippen LogP contribution < -0.4 is 0 Å². The van der Waals surface area contributed by atoms with Gasteiger partial charge in [-0.15, -0.1) is 0 Å². The van der Waals surface area contributed by atoms with Crippen LogP contribution in [-0.4, -0.2) is 34.9 Å². The number of H-pyrrole nitrogens is 1. The van der Waals surface area contributed by atoms with Crippen molar-refractivity contribution in [2.45, 2.75) is 54.7 Å². The standard InChI is InChI=1S/C23H28N2O3S2/c1-3-29(26)19-13-18-14-22(25-23(18)24-15-19)21(12-16-6-4-5-7-16)17-8-10-20(11-9-17)30(2,27)28/h8-11,13-16,21H,3-7,12H2,1-2H3,(H,24,25). The quantitative estimate of drug-likeness (QED) is 0.530. The summed E-state index contributed by atoms with van der Waals surface area (Å²) in [6.45, 7) is 1.90. The van der Waals surface area contributed by atoms with Crippen molar-refractivity contribution in [3.8, 4) is 0 Å². The Bertz CT molecular complexity index is 1120. The van der Waals surface area contributed by atoms with Crippen LogP contribution >= 0.6 is 0 Å². The Kier molecular flexibility index (Phi) is 6.23. The summed E-state index contributed by atoms with van der Waals surface area (Å²) in [5, 5.41) is 0.966. The second-order valence-corrected chi connectivity index (χ2v) is 12.0. The number of aromatic amines is 1. The van der Waals surface area contributed by atoms with E-state index in [-0.39, 0.29) is 5.92 Å². The van der Waals surface area contributed by atoms with Gasteiger partial charge in [0.1, 0.15) is 11.4 Å². The van der Waals surface area contributed by atoms with Gasteiger partial charge in [-0.2, -0.15) is 0 Å². The topological polar surface area (TPSA) is 85.9 Å². The molecule has 3 aromatic rings. The lowest BCUT2D eigenvalue weighted by Gasteiger charge is -2.20. The zero-order valence-electron chi connectivity index (χ0n) is 17.4. The Morgan fingerprint density at radius 3 is 2.53 bits per heavy atom. The van der Waals surface area contributed by atoms with Crippen molar-refractivity contribution in [2.24, 2.45) is 5.92 Å². The van der Waals surface area contributed by atoms with Crippen LogP contribution in [0.3, 0.4) is 0 Å². The first-order valence-corrected chi connectivity index (χ1v) is 13.7. The van der Waals surface area contributed by atoms with Crippen molar-refractivity contribution < 1.29 is 13.0 Å². The van der Waals surface area contributed by atoms with Crippen LogP contribution in [0.2, 0.25) is 0 Å². The minimum absolute atomic E-state index is 0.149. The van der Waals surface area contributed by atoms with Gasteiger partial charge in [0.15, 0.2) is 14.7 Å². The lowest BCUT2D eigenvalue weighted by Crippen LogP contribution is -2.08. The van der Waals surface area contributed by atoms with Gasteiger partial charge in [0, 0.05) is 29.3 Å². The average molecular weight is 445 g/mol. The van der Waals surface area contributed by atoms with Crippen LogP contribution in [0.15, 0.2) is 52.4 Å². The molecule has 0 saturated heterocycles. The van der Waals surface area contributed by atoms with E-state index in [2.05, 4.69) is 16.0 Å². The highest BCUT2D eigenvalue weighted by molar-refractivity contribution is 7.91. The molecule has 1 aliphatic carbocycles. The first kappa shape index (κ1) is 21.4. The molecule has 0 spiro atoms. The molecular formula is C23H28N2O3S2. The monoisotopic (exact) mass is 444 g/mol. The maximum absolute atomic E-state index is 12.2. The summed E-state index contributed by atoms with van der Waals surface area (Å²) in [4.78, 5) is 9.06. The average Bonchev–Trinajstić information content (AvgIpc) is 3.39. The predicted molar refractivity (Wildman–Crippen MR) is 121 cm³/mol. The Morgan fingerprint density at radius 1 is 1.20 bits per heavy atom. The van der Waals surface area contributed by atoms with Crippen LogP contribution in [0.5, 0.6) is 0 Å². The maximum atomic E-state index is 12.2. The highest BCUT2D eigenvalue weighted by atomic mass is 32.2. The van der Waals surface area contributed by atoms with Gasteiger partial charge in [-0.3, -0.25) is 0 Å². The lowest BCUT2D eigenvalue weighted by atomic mass is 9.86. The molecule has 1 N–H and O–H groups in total.